The zero-order chi connectivity index (χ0) is 13.8. The third-order valence-corrected chi connectivity index (χ3v) is 3.41. The average molecular weight is 321 g/mol. The molecule has 0 unspecified atom stereocenters. The predicted octanol–water partition coefficient (Wildman–Crippen LogP) is 3.62. The number of rotatable bonds is 3. The van der Waals surface area contributed by atoms with Crippen LogP contribution in [0.2, 0.25) is 0 Å². The van der Waals surface area contributed by atoms with Crippen molar-refractivity contribution in [3.8, 4) is 11.8 Å². The Morgan fingerprint density at radius 1 is 1.32 bits per heavy atom. The van der Waals surface area contributed by atoms with Gasteiger partial charge in [-0.25, -0.2) is 4.39 Å². The van der Waals surface area contributed by atoms with Gasteiger partial charge in [0.05, 0.1) is 16.1 Å². The number of hydrogen-bond donors (Lipinski definition) is 1. The van der Waals surface area contributed by atoms with Gasteiger partial charge in [0.25, 0.3) is 0 Å². The van der Waals surface area contributed by atoms with Crippen molar-refractivity contribution in [2.24, 2.45) is 0 Å². The van der Waals surface area contributed by atoms with Crippen LogP contribution in [-0.2, 0) is 6.61 Å². The van der Waals surface area contributed by atoms with E-state index < -0.39 is 5.82 Å². The van der Waals surface area contributed by atoms with Crippen molar-refractivity contribution in [1.29, 1.82) is 5.26 Å². The fraction of sp³-hybridized carbons (Fsp3) is 0.0714. The summed E-state index contributed by atoms with van der Waals surface area (Å²) in [6.07, 6.45) is 0. The van der Waals surface area contributed by atoms with Gasteiger partial charge in [-0.1, -0.05) is 12.1 Å². The van der Waals surface area contributed by atoms with Gasteiger partial charge < -0.3 is 10.5 Å². The minimum atomic E-state index is -0.459. The fourth-order valence-corrected chi connectivity index (χ4v) is 1.91. The maximum Gasteiger partial charge on any atom is 0.136 e. The highest BCUT2D eigenvalue weighted by atomic mass is 79.9. The lowest BCUT2D eigenvalue weighted by Crippen LogP contribution is -2.00. The molecule has 0 saturated carbocycles. The van der Waals surface area contributed by atoms with Crippen LogP contribution in [0, 0.1) is 17.1 Å². The van der Waals surface area contributed by atoms with E-state index in [-0.39, 0.29) is 12.2 Å². The Bertz CT molecular complexity index is 652. The van der Waals surface area contributed by atoms with Gasteiger partial charge in [-0.3, -0.25) is 0 Å². The molecule has 2 aromatic carbocycles. The first-order chi connectivity index (χ1) is 9.11. The molecule has 0 fully saturated rings. The lowest BCUT2D eigenvalue weighted by atomic mass is 10.1. The summed E-state index contributed by atoms with van der Waals surface area (Å²) in [6.45, 7) is 0.0690. The molecule has 0 amide bonds. The Balaban J connectivity index is 2.15. The van der Waals surface area contributed by atoms with Crippen molar-refractivity contribution in [1.82, 2.24) is 0 Å². The second kappa shape index (κ2) is 5.72. The average Bonchev–Trinajstić information content (AvgIpc) is 2.41. The molecule has 2 rings (SSSR count). The Morgan fingerprint density at radius 3 is 2.79 bits per heavy atom. The Hall–Kier alpha value is -2.06. The van der Waals surface area contributed by atoms with Crippen LogP contribution in [0.4, 0.5) is 10.1 Å². The summed E-state index contributed by atoms with van der Waals surface area (Å²) in [5.41, 5.74) is 6.94. The molecular weight excluding hydrogens is 311 g/mol. The number of ether oxygens (including phenoxy) is 1. The molecule has 0 heterocycles. The van der Waals surface area contributed by atoms with E-state index in [0.717, 1.165) is 0 Å². The predicted molar refractivity (Wildman–Crippen MR) is 74.0 cm³/mol. The molecule has 2 N–H and O–H groups in total. The quantitative estimate of drug-likeness (QED) is 0.879. The van der Waals surface area contributed by atoms with E-state index in [0.29, 0.717) is 21.5 Å². The number of benzene rings is 2. The number of anilines is 1. The summed E-state index contributed by atoms with van der Waals surface area (Å²) in [5.74, 6) is 0.0860. The first kappa shape index (κ1) is 13.4. The number of hydrogen-bond acceptors (Lipinski definition) is 3. The van der Waals surface area contributed by atoms with Crippen LogP contribution in [0.5, 0.6) is 5.75 Å². The van der Waals surface area contributed by atoms with Gasteiger partial charge in [0, 0.05) is 11.3 Å². The zero-order valence-electron chi connectivity index (χ0n) is 9.86. The maximum absolute atomic E-state index is 13.7. The highest BCUT2D eigenvalue weighted by Gasteiger charge is 2.07. The second-order valence-electron chi connectivity index (χ2n) is 3.87. The van der Waals surface area contributed by atoms with E-state index in [2.05, 4.69) is 15.9 Å². The standard InChI is InChI=1S/C14H10BrFN2O/c15-14-12(18)2-1-3-13(14)19-8-10-5-4-9(7-17)6-11(10)16/h1-6H,8,18H2. The van der Waals surface area contributed by atoms with Gasteiger partial charge >= 0.3 is 0 Å². The molecule has 0 atom stereocenters. The molecule has 0 saturated heterocycles. The Morgan fingerprint density at radius 2 is 2.11 bits per heavy atom. The fourth-order valence-electron chi connectivity index (χ4n) is 1.53. The number of nitrogens with zero attached hydrogens (tertiary/aromatic N) is 1. The van der Waals surface area contributed by atoms with Crippen molar-refractivity contribution in [3.63, 3.8) is 0 Å². The molecule has 2 aromatic rings. The van der Waals surface area contributed by atoms with Crippen LogP contribution in [0.25, 0.3) is 0 Å². The summed E-state index contributed by atoms with van der Waals surface area (Å²) in [6, 6.07) is 11.4. The van der Waals surface area contributed by atoms with Gasteiger partial charge in [0.15, 0.2) is 0 Å². The SMILES string of the molecule is N#Cc1ccc(COc2cccc(N)c2Br)c(F)c1. The molecule has 0 aromatic heterocycles. The largest absolute Gasteiger partial charge is 0.488 e. The van der Waals surface area contributed by atoms with Crippen LogP contribution in [-0.4, -0.2) is 0 Å². The smallest absolute Gasteiger partial charge is 0.136 e. The number of halogens is 2. The van der Waals surface area contributed by atoms with Crippen LogP contribution >= 0.6 is 15.9 Å². The molecule has 0 aliphatic heterocycles. The summed E-state index contributed by atoms with van der Waals surface area (Å²) in [5, 5.41) is 8.66. The van der Waals surface area contributed by atoms with Gasteiger partial charge in [0.1, 0.15) is 18.2 Å². The van der Waals surface area contributed by atoms with Gasteiger partial charge in [-0.05, 0) is 40.2 Å². The molecule has 96 valence electrons. The number of nitriles is 1. The summed E-state index contributed by atoms with van der Waals surface area (Å²) >= 11 is 3.31. The lowest BCUT2D eigenvalue weighted by Gasteiger charge is -2.10. The molecule has 0 aliphatic carbocycles. The van der Waals surface area contributed by atoms with E-state index in [9.17, 15) is 4.39 Å². The van der Waals surface area contributed by atoms with Crippen molar-refractivity contribution < 1.29 is 9.13 Å². The zero-order valence-corrected chi connectivity index (χ0v) is 11.4. The molecule has 0 spiro atoms. The second-order valence-corrected chi connectivity index (χ2v) is 4.66. The van der Waals surface area contributed by atoms with Gasteiger partial charge in [-0.15, -0.1) is 0 Å². The molecule has 0 bridgehead atoms. The van der Waals surface area contributed by atoms with Crippen molar-refractivity contribution in [2.75, 3.05) is 5.73 Å². The molecular formula is C14H10BrFN2O. The van der Waals surface area contributed by atoms with Crippen LogP contribution < -0.4 is 10.5 Å². The third-order valence-electron chi connectivity index (χ3n) is 2.56. The summed E-state index contributed by atoms with van der Waals surface area (Å²) in [4.78, 5) is 0. The van der Waals surface area contributed by atoms with E-state index in [4.69, 9.17) is 15.7 Å². The van der Waals surface area contributed by atoms with Crippen molar-refractivity contribution in [2.45, 2.75) is 6.61 Å². The van der Waals surface area contributed by atoms with Gasteiger partial charge in [0.2, 0.25) is 0 Å². The van der Waals surface area contributed by atoms with Crippen LogP contribution in [0.1, 0.15) is 11.1 Å². The topological polar surface area (TPSA) is 59.0 Å². The minimum absolute atomic E-state index is 0.0690. The van der Waals surface area contributed by atoms with E-state index in [1.807, 2.05) is 6.07 Å². The number of nitrogen functional groups attached to an aromatic ring is 1. The number of nitrogens with two attached hydrogens (primary N) is 1. The van der Waals surface area contributed by atoms with Crippen molar-refractivity contribution >= 4 is 21.6 Å². The highest BCUT2D eigenvalue weighted by Crippen LogP contribution is 2.30. The molecule has 3 nitrogen and oxygen atoms in total. The molecule has 0 radical (unpaired) electrons. The maximum atomic E-state index is 13.7. The summed E-state index contributed by atoms with van der Waals surface area (Å²) < 4.78 is 19.8. The monoisotopic (exact) mass is 320 g/mol. The highest BCUT2D eigenvalue weighted by molar-refractivity contribution is 9.10. The van der Waals surface area contributed by atoms with Gasteiger partial charge in [-0.2, -0.15) is 5.26 Å². The summed E-state index contributed by atoms with van der Waals surface area (Å²) in [7, 11) is 0. The van der Waals surface area contributed by atoms with E-state index >= 15 is 0 Å². The molecule has 5 heteroatoms. The normalized spacial score (nSPS) is 9.95. The van der Waals surface area contributed by atoms with E-state index in [1.54, 1.807) is 24.3 Å². The van der Waals surface area contributed by atoms with E-state index in [1.165, 1.54) is 12.1 Å². The first-order valence-corrected chi connectivity index (χ1v) is 6.26. The van der Waals surface area contributed by atoms with Crippen LogP contribution in [0.3, 0.4) is 0 Å². The Labute approximate surface area is 118 Å². The minimum Gasteiger partial charge on any atom is -0.488 e. The Kier molecular flexibility index (Phi) is 4.03. The first-order valence-electron chi connectivity index (χ1n) is 5.47. The van der Waals surface area contributed by atoms with Crippen LogP contribution in [0.15, 0.2) is 40.9 Å². The third kappa shape index (κ3) is 3.04. The van der Waals surface area contributed by atoms with Crippen molar-refractivity contribution in [3.05, 3.63) is 57.8 Å². The molecule has 0 aliphatic rings. The molecule has 19 heavy (non-hydrogen) atoms. The lowest BCUT2D eigenvalue weighted by molar-refractivity contribution is 0.298.